The first kappa shape index (κ1) is 23.5. The number of rotatable bonds is 6. The van der Waals surface area contributed by atoms with Crippen LogP contribution in [0.3, 0.4) is 0 Å². The van der Waals surface area contributed by atoms with Crippen LogP contribution >= 0.6 is 31.9 Å². The van der Waals surface area contributed by atoms with E-state index in [1.54, 1.807) is 6.08 Å². The minimum absolute atomic E-state index is 0.255. The summed E-state index contributed by atoms with van der Waals surface area (Å²) in [5.41, 5.74) is 5.35. The van der Waals surface area contributed by atoms with Crippen LogP contribution in [0.1, 0.15) is 47.6 Å². The summed E-state index contributed by atoms with van der Waals surface area (Å²) in [4.78, 5) is 16.8. The van der Waals surface area contributed by atoms with Gasteiger partial charge in [-0.3, -0.25) is 0 Å². The van der Waals surface area contributed by atoms with Crippen LogP contribution in [0, 0.1) is 6.92 Å². The molecule has 0 spiro atoms. The summed E-state index contributed by atoms with van der Waals surface area (Å²) in [5, 5.41) is 0. The number of carbonyl (C=O) groups excluding carboxylic acids is 1. The molecule has 3 aromatic carbocycles. The van der Waals surface area contributed by atoms with E-state index in [-0.39, 0.29) is 5.70 Å². The summed E-state index contributed by atoms with van der Waals surface area (Å²) in [5.74, 6) is 0.981. The molecule has 4 nitrogen and oxygen atoms in total. The lowest BCUT2D eigenvalue weighted by atomic mass is 10.0. The van der Waals surface area contributed by atoms with Gasteiger partial charge in [0.2, 0.25) is 5.90 Å². The zero-order valence-corrected chi connectivity index (χ0v) is 21.7. The van der Waals surface area contributed by atoms with Crippen LogP contribution in [0.25, 0.3) is 6.08 Å². The van der Waals surface area contributed by atoms with E-state index in [9.17, 15) is 4.79 Å². The highest BCUT2D eigenvalue weighted by Gasteiger charge is 2.24. The van der Waals surface area contributed by atoms with Crippen LogP contribution in [0.5, 0.6) is 5.75 Å². The highest BCUT2D eigenvalue weighted by Crippen LogP contribution is 2.36. The van der Waals surface area contributed by atoms with Crippen molar-refractivity contribution in [1.82, 2.24) is 0 Å². The normalized spacial score (nSPS) is 14.5. The maximum absolute atomic E-state index is 12.4. The van der Waals surface area contributed by atoms with E-state index < -0.39 is 5.97 Å². The monoisotopic (exact) mass is 567 g/mol. The maximum Gasteiger partial charge on any atom is 0.363 e. The third-order valence-electron chi connectivity index (χ3n) is 5.40. The van der Waals surface area contributed by atoms with Gasteiger partial charge in [0.1, 0.15) is 12.4 Å². The van der Waals surface area contributed by atoms with E-state index in [0.29, 0.717) is 24.2 Å². The smallest absolute Gasteiger partial charge is 0.363 e. The summed E-state index contributed by atoms with van der Waals surface area (Å²) in [6.45, 7) is 6.79. The number of ether oxygens (including phenoxy) is 2. The van der Waals surface area contributed by atoms with E-state index in [4.69, 9.17) is 9.47 Å². The quantitative estimate of drug-likeness (QED) is 0.227. The van der Waals surface area contributed by atoms with Gasteiger partial charge in [0.25, 0.3) is 0 Å². The van der Waals surface area contributed by atoms with Gasteiger partial charge >= 0.3 is 5.97 Å². The molecule has 0 radical (unpaired) electrons. The van der Waals surface area contributed by atoms with E-state index in [0.717, 1.165) is 25.6 Å². The van der Waals surface area contributed by atoms with E-state index in [1.807, 2.05) is 54.6 Å². The number of nitrogens with zero attached hydrogens (tertiary/aromatic N) is 1. The van der Waals surface area contributed by atoms with Gasteiger partial charge in [0, 0.05) is 5.56 Å². The number of cyclic esters (lactones) is 1. The molecule has 1 aliphatic rings. The predicted octanol–water partition coefficient (Wildman–Crippen LogP) is 7.57. The van der Waals surface area contributed by atoms with E-state index in [1.165, 1.54) is 11.1 Å². The molecule has 0 saturated heterocycles. The molecule has 4 rings (SSSR count). The number of aryl methyl sites for hydroxylation is 1. The Bertz CT molecular complexity index is 1240. The molecule has 0 amide bonds. The molecule has 0 aliphatic carbocycles. The number of hydrogen-bond acceptors (Lipinski definition) is 4. The SMILES string of the molecule is Cc1ccccc1COc1c(Br)cc(/C=C2\N=C(c3ccc(C(C)C)cc3)OC2=O)cc1Br. The highest BCUT2D eigenvalue weighted by molar-refractivity contribution is 9.11. The Balaban J connectivity index is 1.54. The van der Waals surface area contributed by atoms with Gasteiger partial charge in [0.05, 0.1) is 8.95 Å². The minimum atomic E-state index is -0.468. The van der Waals surface area contributed by atoms with Crippen molar-refractivity contribution in [1.29, 1.82) is 0 Å². The molecule has 0 aromatic heterocycles. The second-order valence-corrected chi connectivity index (χ2v) is 9.85. The fraction of sp³-hybridized carbons (Fsp3) is 0.185. The second-order valence-electron chi connectivity index (χ2n) is 8.14. The van der Waals surface area contributed by atoms with Gasteiger partial charge in [-0.2, -0.15) is 0 Å². The molecule has 3 aromatic rings. The number of aliphatic imine (C=N–C) groups is 1. The first-order chi connectivity index (χ1) is 15.8. The molecule has 6 heteroatoms. The van der Waals surface area contributed by atoms with Crippen molar-refractivity contribution in [3.63, 3.8) is 0 Å². The number of carbonyl (C=O) groups is 1. The number of hydrogen-bond donors (Lipinski definition) is 0. The van der Waals surface area contributed by atoms with Gasteiger partial charge in [-0.15, -0.1) is 0 Å². The Kier molecular flexibility index (Phi) is 7.15. The molecule has 168 valence electrons. The van der Waals surface area contributed by atoms with Crippen LogP contribution < -0.4 is 4.74 Å². The third-order valence-corrected chi connectivity index (χ3v) is 6.58. The first-order valence-electron chi connectivity index (χ1n) is 10.6. The van der Waals surface area contributed by atoms with Crippen LogP contribution in [-0.4, -0.2) is 11.9 Å². The Labute approximate surface area is 210 Å². The van der Waals surface area contributed by atoms with Crippen molar-refractivity contribution >= 4 is 49.8 Å². The number of halogens is 2. The molecule has 0 N–H and O–H groups in total. The summed E-state index contributed by atoms with van der Waals surface area (Å²) in [6, 6.07) is 19.8. The Morgan fingerprint density at radius 2 is 1.70 bits per heavy atom. The average molecular weight is 569 g/mol. The molecular weight excluding hydrogens is 546 g/mol. The maximum atomic E-state index is 12.4. The van der Waals surface area contributed by atoms with E-state index >= 15 is 0 Å². The molecule has 0 unspecified atom stereocenters. The third kappa shape index (κ3) is 5.45. The van der Waals surface area contributed by atoms with Crippen LogP contribution in [0.15, 0.2) is 80.3 Å². The Morgan fingerprint density at radius 3 is 2.33 bits per heavy atom. The van der Waals surface area contributed by atoms with Crippen molar-refractivity contribution in [2.24, 2.45) is 4.99 Å². The fourth-order valence-corrected chi connectivity index (χ4v) is 4.87. The molecule has 0 atom stereocenters. The van der Waals surface area contributed by atoms with Crippen LogP contribution in [0.2, 0.25) is 0 Å². The second kappa shape index (κ2) is 10.1. The molecule has 0 fully saturated rings. The lowest BCUT2D eigenvalue weighted by molar-refractivity contribution is -0.129. The predicted molar refractivity (Wildman–Crippen MR) is 138 cm³/mol. The largest absolute Gasteiger partial charge is 0.487 e. The van der Waals surface area contributed by atoms with Crippen molar-refractivity contribution < 1.29 is 14.3 Å². The molecule has 33 heavy (non-hydrogen) atoms. The molecule has 1 heterocycles. The molecular formula is C27H23Br2NO3. The summed E-state index contributed by atoms with van der Waals surface area (Å²) < 4.78 is 13.0. The number of benzene rings is 3. The van der Waals surface area contributed by atoms with Crippen LogP contribution in [0.4, 0.5) is 0 Å². The highest BCUT2D eigenvalue weighted by atomic mass is 79.9. The zero-order chi connectivity index (χ0) is 23.5. The van der Waals surface area contributed by atoms with Crippen molar-refractivity contribution in [2.45, 2.75) is 33.3 Å². The van der Waals surface area contributed by atoms with Gasteiger partial charge in [-0.05, 0) is 97.3 Å². The van der Waals surface area contributed by atoms with Gasteiger partial charge < -0.3 is 9.47 Å². The van der Waals surface area contributed by atoms with Gasteiger partial charge in [-0.1, -0.05) is 50.2 Å². The van der Waals surface area contributed by atoms with E-state index in [2.05, 4.69) is 63.7 Å². The lowest BCUT2D eigenvalue weighted by Gasteiger charge is -2.12. The van der Waals surface area contributed by atoms with Crippen molar-refractivity contribution in [3.8, 4) is 5.75 Å². The molecule has 1 aliphatic heterocycles. The standard InChI is InChI=1S/C27H23Br2NO3/c1-16(2)19-8-10-20(11-9-19)26-30-24(27(31)33-26)14-18-12-22(28)25(23(29)13-18)32-15-21-7-5-4-6-17(21)3/h4-14,16H,15H2,1-3H3/b24-14-. The van der Waals surface area contributed by atoms with Gasteiger partial charge in [-0.25, -0.2) is 9.79 Å². The lowest BCUT2D eigenvalue weighted by Crippen LogP contribution is -2.05. The van der Waals surface area contributed by atoms with Crippen molar-refractivity contribution in [2.75, 3.05) is 0 Å². The summed E-state index contributed by atoms with van der Waals surface area (Å²) in [6.07, 6.45) is 1.71. The molecule has 0 bridgehead atoms. The Hall–Kier alpha value is -2.70. The first-order valence-corrected chi connectivity index (χ1v) is 12.2. The fourth-order valence-electron chi connectivity index (χ4n) is 3.42. The minimum Gasteiger partial charge on any atom is -0.487 e. The van der Waals surface area contributed by atoms with Gasteiger partial charge in [0.15, 0.2) is 5.70 Å². The van der Waals surface area contributed by atoms with Crippen LogP contribution in [-0.2, 0) is 16.1 Å². The zero-order valence-electron chi connectivity index (χ0n) is 18.6. The average Bonchev–Trinajstić information content (AvgIpc) is 3.14. The van der Waals surface area contributed by atoms with Crippen molar-refractivity contribution in [3.05, 3.63) is 103 Å². The number of esters is 1. The molecule has 0 saturated carbocycles. The summed E-state index contributed by atoms with van der Waals surface area (Å²) >= 11 is 7.17. The summed E-state index contributed by atoms with van der Waals surface area (Å²) in [7, 11) is 0. The topological polar surface area (TPSA) is 47.9 Å². The Morgan fingerprint density at radius 1 is 1.03 bits per heavy atom.